The number of nitrogen functional groups attached to an aromatic ring is 1. The van der Waals surface area contributed by atoms with E-state index in [0.29, 0.717) is 29.3 Å². The molecule has 1 saturated heterocycles. The number of Topliss-reactive ketones (excluding diaryl/α,β-unsaturated/α-hetero) is 1. The number of rotatable bonds is 34. The molecule has 43 nitrogen and oxygen atoms in total. The number of carbonyl (C=O) groups excluding carboxylic acids is 16. The Morgan fingerprint density at radius 2 is 1.09 bits per heavy atom. The van der Waals surface area contributed by atoms with Gasteiger partial charge in [0.25, 0.3) is 0 Å². The van der Waals surface area contributed by atoms with Crippen molar-refractivity contribution in [2.45, 2.75) is 203 Å². The van der Waals surface area contributed by atoms with Gasteiger partial charge in [0, 0.05) is 47.1 Å². The molecule has 0 radical (unpaired) electrons. The Bertz CT molecular complexity index is 4060. The largest absolute Gasteiger partial charge is 0.481 e. The number of aliphatic carboxylic acids is 4. The molecular weight excluding hydrogens is 1520 g/mol. The minimum absolute atomic E-state index is 0.0942. The molecule has 4 rings (SSSR count). The fraction of sp³-hybridized carbons (Fsp3) is 0.528. The van der Waals surface area contributed by atoms with Gasteiger partial charge in [-0.25, -0.2) is 4.79 Å². The predicted octanol–water partition coefficient (Wildman–Crippen LogP) is -5.77. The number of fused-ring (bicyclic) bond motifs is 1. The maximum Gasteiger partial charge on any atom is 0.329 e. The van der Waals surface area contributed by atoms with E-state index in [2.05, 4.69) is 58.2 Å². The lowest BCUT2D eigenvalue weighted by molar-refractivity contribution is -0.156. The van der Waals surface area contributed by atoms with Crippen LogP contribution >= 0.6 is 0 Å². The second-order valence-electron chi connectivity index (χ2n) is 27.4. The van der Waals surface area contributed by atoms with Crippen molar-refractivity contribution in [1.82, 2.24) is 74.1 Å². The minimum Gasteiger partial charge on any atom is -0.481 e. The summed E-state index contributed by atoms with van der Waals surface area (Å²) in [6, 6.07) is -10.6. The van der Waals surface area contributed by atoms with Crippen molar-refractivity contribution in [1.29, 1.82) is 0 Å². The lowest BCUT2D eigenvalue weighted by atomic mass is 9.96. The van der Waals surface area contributed by atoms with Gasteiger partial charge in [0.15, 0.2) is 5.78 Å². The van der Waals surface area contributed by atoms with E-state index in [9.17, 15) is 121 Å². The molecule has 25 N–H and O–H groups in total. The summed E-state index contributed by atoms with van der Waals surface area (Å²) in [5, 5.41) is 78.7. The molecule has 1 aliphatic heterocycles. The van der Waals surface area contributed by atoms with Gasteiger partial charge in [-0.1, -0.05) is 83.2 Å². The van der Waals surface area contributed by atoms with Crippen molar-refractivity contribution in [2.24, 2.45) is 23.3 Å². The standard InChI is InChI=1S/C72H101N17O26/c1-6-7-8-9-10-16-34(2)61(103)82-44(24-38-30-76-42-20-14-12-17-39(38)42)66(108)84-45(26-52(75)92)67(109)86-48(29-58(101)102)68(110)89-60-37(5)115-72(114)49(25-51(91)40-18-11-13-19-41(40)74)87-71(113)59(35(3)23-55(95)96)88-69(111)50(33-90)81-54(94)31-77-63(105)46(27-56(97)98)83-62(104)36(4)79-65(107)47(28-57(99)100)85-64(106)43(21-15-22-73)80-53(93)32-78-70(60)112/h11-14,17-20,30,34-37,43-50,59-60,76,90H,6-10,15-16,21-29,31-33,73-74H2,1-5H3,(H2,75,92)(H,77,105)(H,78,112)(H,79,107)(H,80,93)(H,81,94)(H,82,103)(H,83,104)(H,84,108)(H,85,106)(H,86,109)(H,87,113)(H,88,111)(H,89,110)(H,95,96)(H,97,98)(H,99,100)(H,101,102)/t34?,35?,36?,37?,43?,44-,45+,46?,47?,48?,49?,50?,59?,60?/m0/s1. The molecule has 630 valence electrons. The normalized spacial score (nSPS) is 21.5. The van der Waals surface area contributed by atoms with Crippen LogP contribution in [0.15, 0.2) is 54.7 Å². The van der Waals surface area contributed by atoms with E-state index < -0.39 is 267 Å². The van der Waals surface area contributed by atoms with E-state index in [4.69, 9.17) is 21.9 Å². The highest BCUT2D eigenvalue weighted by atomic mass is 16.5. The number of para-hydroxylation sites is 2. The summed E-state index contributed by atoms with van der Waals surface area (Å²) in [4.78, 5) is 277. The number of nitrogens with one attached hydrogen (secondary N) is 14. The first-order chi connectivity index (χ1) is 54.3. The molecule has 0 aliphatic carbocycles. The monoisotopic (exact) mass is 1620 g/mol. The number of aromatic nitrogens is 1. The topological polar surface area (TPSA) is 702 Å². The predicted molar refractivity (Wildman–Crippen MR) is 400 cm³/mol. The second-order valence-corrected chi connectivity index (χ2v) is 27.4. The molecule has 2 aromatic carbocycles. The van der Waals surface area contributed by atoms with Gasteiger partial charge in [-0.05, 0) is 69.3 Å². The van der Waals surface area contributed by atoms with Crippen molar-refractivity contribution < 1.29 is 126 Å². The summed E-state index contributed by atoms with van der Waals surface area (Å²) in [6.45, 7) is 2.73. The number of carbonyl (C=O) groups is 20. The van der Waals surface area contributed by atoms with Crippen LogP contribution in [0.5, 0.6) is 0 Å². The molecule has 0 saturated carbocycles. The van der Waals surface area contributed by atoms with Gasteiger partial charge in [-0.3, -0.25) is 91.1 Å². The summed E-state index contributed by atoms with van der Waals surface area (Å²) in [6.07, 6.45) is -3.52. The molecule has 115 heavy (non-hydrogen) atoms. The lowest BCUT2D eigenvalue weighted by Gasteiger charge is -2.30. The average Bonchev–Trinajstić information content (AvgIpc) is 1.73. The number of aliphatic hydroxyl groups is 1. The number of aliphatic hydroxyl groups excluding tert-OH is 1. The number of amides is 14. The third-order valence-corrected chi connectivity index (χ3v) is 18.0. The molecule has 1 aromatic heterocycles. The van der Waals surface area contributed by atoms with E-state index in [1.807, 2.05) is 22.9 Å². The maximum atomic E-state index is 14.8. The summed E-state index contributed by atoms with van der Waals surface area (Å²) in [5.41, 5.74) is 18.1. The van der Waals surface area contributed by atoms with E-state index >= 15 is 0 Å². The first kappa shape index (κ1) is 94.7. The second kappa shape index (κ2) is 47.0. The molecule has 2 heterocycles. The van der Waals surface area contributed by atoms with Gasteiger partial charge >= 0.3 is 29.8 Å². The molecular formula is C72H101N17O26. The Kier molecular flexibility index (Phi) is 38.7. The SMILES string of the molecule is CCCCCCCC(C)C(=O)N[C@@H](Cc1c[nH]c2ccccc12)C(=O)N[C@H](CC(N)=O)C(=O)NC(CC(=O)O)C(=O)NC1C(=O)NCC(=O)NC(CCCN)C(=O)NC(CC(=O)O)C(=O)NC(C)C(=O)NC(CC(=O)O)C(=O)NCC(=O)NC(CO)C(=O)NC(C(C)CC(=O)O)C(=O)NC(CC(=O)c2ccccc2N)C(=O)OC1C. The number of hydrogen-bond acceptors (Lipinski definition) is 24. The Hall–Kier alpha value is -12.7. The Morgan fingerprint density at radius 3 is 1.69 bits per heavy atom. The van der Waals surface area contributed by atoms with Crippen LogP contribution in [0.2, 0.25) is 0 Å². The van der Waals surface area contributed by atoms with Gasteiger partial charge < -0.3 is 122 Å². The van der Waals surface area contributed by atoms with E-state index in [-0.39, 0.29) is 30.6 Å². The van der Waals surface area contributed by atoms with Crippen molar-refractivity contribution in [3.05, 3.63) is 65.9 Å². The van der Waals surface area contributed by atoms with E-state index in [0.717, 1.165) is 46.5 Å². The van der Waals surface area contributed by atoms with Crippen LogP contribution in [-0.4, -0.2) is 248 Å². The van der Waals surface area contributed by atoms with Gasteiger partial charge in [0.2, 0.25) is 82.7 Å². The fourth-order valence-corrected chi connectivity index (χ4v) is 11.7. The Morgan fingerprint density at radius 1 is 0.548 bits per heavy atom. The van der Waals surface area contributed by atoms with Crippen LogP contribution in [0, 0.1) is 11.8 Å². The highest BCUT2D eigenvalue weighted by Gasteiger charge is 2.41. The summed E-state index contributed by atoms with van der Waals surface area (Å²) in [7, 11) is 0. The molecule has 43 heteroatoms. The number of ketones is 1. The summed E-state index contributed by atoms with van der Waals surface area (Å²) >= 11 is 0. The number of primary amides is 1. The Labute approximate surface area is 657 Å². The molecule has 14 amide bonds. The van der Waals surface area contributed by atoms with Crippen LogP contribution in [0.3, 0.4) is 0 Å². The summed E-state index contributed by atoms with van der Waals surface area (Å²) in [5.74, 6) is -30.4. The van der Waals surface area contributed by atoms with Crippen LogP contribution in [0.4, 0.5) is 5.69 Å². The van der Waals surface area contributed by atoms with Crippen LogP contribution in [-0.2, 0) is 102 Å². The number of esters is 1. The zero-order valence-corrected chi connectivity index (χ0v) is 63.8. The molecule has 1 fully saturated rings. The number of benzene rings is 2. The number of ether oxygens (including phenoxy) is 1. The van der Waals surface area contributed by atoms with Gasteiger partial charge in [0.05, 0.1) is 51.8 Å². The van der Waals surface area contributed by atoms with Crippen LogP contribution < -0.4 is 86.3 Å². The van der Waals surface area contributed by atoms with Crippen molar-refractivity contribution >= 4 is 135 Å². The molecule has 12 unspecified atom stereocenters. The average molecular weight is 1620 g/mol. The quantitative estimate of drug-likeness (QED) is 0.0115. The van der Waals surface area contributed by atoms with Crippen LogP contribution in [0.1, 0.15) is 140 Å². The maximum absolute atomic E-state index is 14.8. The molecule has 0 bridgehead atoms. The van der Waals surface area contributed by atoms with Crippen LogP contribution in [0.25, 0.3) is 10.9 Å². The number of H-pyrrole nitrogens is 1. The smallest absolute Gasteiger partial charge is 0.329 e. The minimum atomic E-state index is -2.45. The first-order valence-electron chi connectivity index (χ1n) is 36.7. The highest BCUT2D eigenvalue weighted by molar-refractivity contribution is 6.05. The van der Waals surface area contributed by atoms with Gasteiger partial charge in [0.1, 0.15) is 72.6 Å². The highest BCUT2D eigenvalue weighted by Crippen LogP contribution is 2.22. The van der Waals surface area contributed by atoms with E-state index in [1.54, 1.807) is 37.4 Å². The van der Waals surface area contributed by atoms with Gasteiger partial charge in [-0.2, -0.15) is 0 Å². The molecule has 0 spiro atoms. The number of carboxylic acid groups (broad SMARTS) is 4. The van der Waals surface area contributed by atoms with Crippen molar-refractivity contribution in [2.75, 3.05) is 32.0 Å². The number of anilines is 1. The number of cyclic esters (lactones) is 1. The Balaban J connectivity index is 1.89. The number of aromatic amines is 1. The fourth-order valence-electron chi connectivity index (χ4n) is 11.7. The number of hydrogen-bond donors (Lipinski definition) is 22. The lowest BCUT2D eigenvalue weighted by Crippen LogP contribution is -2.62. The van der Waals surface area contributed by atoms with Crippen molar-refractivity contribution in [3.8, 4) is 0 Å². The zero-order chi connectivity index (χ0) is 85.9. The third kappa shape index (κ3) is 31.8. The summed E-state index contributed by atoms with van der Waals surface area (Å²) < 4.78 is 5.68. The van der Waals surface area contributed by atoms with Crippen molar-refractivity contribution in [3.63, 3.8) is 0 Å². The number of unbranched alkanes of at least 4 members (excludes halogenated alkanes) is 4. The zero-order valence-electron chi connectivity index (χ0n) is 63.8. The molecule has 14 atom stereocenters. The molecule has 1 aliphatic rings. The first-order valence-corrected chi connectivity index (χ1v) is 36.7. The molecule has 3 aromatic rings. The number of carboxylic acids is 4. The number of nitrogens with two attached hydrogens (primary N) is 3. The third-order valence-electron chi connectivity index (χ3n) is 18.0. The van der Waals surface area contributed by atoms with E-state index in [1.165, 1.54) is 24.3 Å². The van der Waals surface area contributed by atoms with Gasteiger partial charge in [-0.15, -0.1) is 0 Å².